The Labute approximate surface area is 153 Å². The largest absolute Gasteiger partial charge is 0.329 e. The first-order valence-electron chi connectivity index (χ1n) is 8.20. The molecule has 2 aliphatic rings. The Bertz CT molecular complexity index is 825. The fraction of sp³-hybridized carbons (Fsp3) is 0.471. The molecule has 0 spiro atoms. The van der Waals surface area contributed by atoms with E-state index >= 15 is 0 Å². The van der Waals surface area contributed by atoms with E-state index in [0.717, 1.165) is 16.8 Å². The minimum Gasteiger partial charge on any atom is -0.278 e. The molecule has 1 aliphatic heterocycles. The highest BCUT2D eigenvalue weighted by molar-refractivity contribution is 14.1. The van der Waals surface area contributed by atoms with Gasteiger partial charge >= 0.3 is 6.03 Å². The van der Waals surface area contributed by atoms with Crippen LogP contribution >= 0.6 is 22.6 Å². The van der Waals surface area contributed by atoms with Gasteiger partial charge in [-0.15, -0.1) is 0 Å². The molecule has 1 N–H and O–H groups in total. The van der Waals surface area contributed by atoms with Crippen LogP contribution in [0.5, 0.6) is 0 Å². The number of nitrogens with zero attached hydrogens (tertiary/aromatic N) is 3. The molecule has 1 aromatic heterocycles. The maximum atomic E-state index is 12.1. The third-order valence-electron chi connectivity index (χ3n) is 5.09. The van der Waals surface area contributed by atoms with Crippen molar-refractivity contribution in [2.24, 2.45) is 13.0 Å². The summed E-state index contributed by atoms with van der Waals surface area (Å²) in [6, 6.07) is 6.04. The summed E-state index contributed by atoms with van der Waals surface area (Å²) in [5, 5.41) is 7.85. The quantitative estimate of drug-likeness (QED) is 0.592. The van der Waals surface area contributed by atoms with E-state index in [9.17, 15) is 9.59 Å². The van der Waals surface area contributed by atoms with Crippen molar-refractivity contribution < 1.29 is 9.59 Å². The summed E-state index contributed by atoms with van der Waals surface area (Å²) in [6.07, 6.45) is 2.83. The molecule has 1 aliphatic carbocycles. The Morgan fingerprint density at radius 2 is 2.12 bits per heavy atom. The molecular weight excluding hydrogens is 419 g/mol. The second-order valence-electron chi connectivity index (χ2n) is 6.67. The highest BCUT2D eigenvalue weighted by Gasteiger charge is 2.31. The Morgan fingerprint density at radius 1 is 1.33 bits per heavy atom. The van der Waals surface area contributed by atoms with E-state index in [1.807, 2.05) is 11.7 Å². The molecule has 0 bridgehead atoms. The van der Waals surface area contributed by atoms with Crippen LogP contribution in [0, 0.1) is 5.92 Å². The molecule has 7 heteroatoms. The topological polar surface area (TPSA) is 67.2 Å². The van der Waals surface area contributed by atoms with Crippen molar-refractivity contribution in [1.29, 1.82) is 0 Å². The zero-order chi connectivity index (χ0) is 16.8. The minimum atomic E-state index is -0.390. The lowest BCUT2D eigenvalue weighted by molar-refractivity contribution is -0.120. The summed E-state index contributed by atoms with van der Waals surface area (Å²) >= 11 is 2.46. The fourth-order valence-corrected chi connectivity index (χ4v) is 4.33. The molecule has 1 aromatic carbocycles. The predicted octanol–water partition coefficient (Wildman–Crippen LogP) is 2.95. The lowest BCUT2D eigenvalue weighted by atomic mass is 9.72. The van der Waals surface area contributed by atoms with Gasteiger partial charge in [-0.05, 0) is 42.4 Å². The zero-order valence-electron chi connectivity index (χ0n) is 13.5. The van der Waals surface area contributed by atoms with Crippen LogP contribution < -0.4 is 10.2 Å². The predicted molar refractivity (Wildman–Crippen MR) is 101 cm³/mol. The van der Waals surface area contributed by atoms with Crippen LogP contribution in [0.15, 0.2) is 18.2 Å². The number of halogens is 1. The molecule has 24 heavy (non-hydrogen) atoms. The van der Waals surface area contributed by atoms with Gasteiger partial charge in [-0.25, -0.2) is 4.79 Å². The zero-order valence-corrected chi connectivity index (χ0v) is 15.6. The van der Waals surface area contributed by atoms with Crippen LogP contribution in [-0.2, 0) is 11.8 Å². The van der Waals surface area contributed by atoms with Crippen molar-refractivity contribution in [3.63, 3.8) is 0 Å². The second-order valence-corrected chi connectivity index (χ2v) is 7.55. The van der Waals surface area contributed by atoms with Gasteiger partial charge in [-0.3, -0.25) is 19.7 Å². The number of rotatable bonds is 3. The first-order chi connectivity index (χ1) is 11.6. The van der Waals surface area contributed by atoms with E-state index in [0.29, 0.717) is 24.7 Å². The number of fused-ring (bicyclic) bond motifs is 1. The van der Waals surface area contributed by atoms with E-state index in [2.05, 4.69) is 51.2 Å². The molecule has 126 valence electrons. The molecule has 2 heterocycles. The van der Waals surface area contributed by atoms with Crippen molar-refractivity contribution >= 4 is 51.2 Å². The van der Waals surface area contributed by atoms with Gasteiger partial charge < -0.3 is 0 Å². The lowest BCUT2D eigenvalue weighted by Crippen LogP contribution is -2.49. The minimum absolute atomic E-state index is 0.228. The Morgan fingerprint density at radius 3 is 2.83 bits per heavy atom. The number of urea groups is 1. The highest BCUT2D eigenvalue weighted by Crippen LogP contribution is 2.43. The summed E-state index contributed by atoms with van der Waals surface area (Å²) < 4.78 is 3.06. The number of carbonyl (C=O) groups excluding carboxylic acids is 2. The monoisotopic (exact) mass is 438 g/mol. The molecule has 4 rings (SSSR count). The standard InChI is InChI=1S/C17H19IN4O2/c1-21-14-8-11(12-6-10(7-12)9-18)2-3-13(14)16(20-21)22-5-4-15(23)19-17(22)24/h2-3,8,10,12H,4-7,9H2,1H3,(H,19,23,24). The van der Waals surface area contributed by atoms with E-state index in [4.69, 9.17) is 0 Å². The van der Waals surface area contributed by atoms with Gasteiger partial charge in [-0.2, -0.15) is 5.10 Å². The molecule has 1 saturated heterocycles. The van der Waals surface area contributed by atoms with Gasteiger partial charge in [-0.1, -0.05) is 28.7 Å². The molecule has 3 amide bonds. The average Bonchev–Trinajstić information content (AvgIpc) is 2.83. The van der Waals surface area contributed by atoms with Crippen molar-refractivity contribution in [2.75, 3.05) is 15.9 Å². The van der Waals surface area contributed by atoms with Gasteiger partial charge in [0.1, 0.15) is 0 Å². The first-order valence-corrected chi connectivity index (χ1v) is 9.73. The van der Waals surface area contributed by atoms with E-state index in [1.165, 1.54) is 22.8 Å². The number of amides is 3. The normalized spacial score (nSPS) is 24.2. The average molecular weight is 438 g/mol. The Kier molecular flexibility index (Phi) is 3.98. The SMILES string of the molecule is Cn1nc(N2CCC(=O)NC2=O)c2ccc(C3CC(CI)C3)cc21. The molecular formula is C17H19IN4O2. The van der Waals surface area contributed by atoms with Crippen LogP contribution in [-0.4, -0.2) is 32.7 Å². The van der Waals surface area contributed by atoms with Gasteiger partial charge in [0.15, 0.2) is 5.82 Å². The van der Waals surface area contributed by atoms with Gasteiger partial charge in [0.25, 0.3) is 0 Å². The molecule has 0 unspecified atom stereocenters. The number of nitrogens with one attached hydrogen (secondary N) is 1. The summed E-state index contributed by atoms with van der Waals surface area (Å²) in [5.74, 6) is 1.89. The van der Waals surface area contributed by atoms with E-state index < -0.39 is 0 Å². The number of aryl methyl sites for hydroxylation is 1. The summed E-state index contributed by atoms with van der Waals surface area (Å²) in [6.45, 7) is 0.374. The third-order valence-corrected chi connectivity index (χ3v) is 6.34. The number of carbonyl (C=O) groups is 2. The maximum Gasteiger partial charge on any atom is 0.329 e. The molecule has 2 aromatic rings. The van der Waals surface area contributed by atoms with E-state index in [-0.39, 0.29) is 11.9 Å². The van der Waals surface area contributed by atoms with Crippen LogP contribution in [0.25, 0.3) is 10.9 Å². The lowest BCUT2D eigenvalue weighted by Gasteiger charge is -2.34. The Balaban J connectivity index is 1.66. The summed E-state index contributed by atoms with van der Waals surface area (Å²) in [4.78, 5) is 25.0. The summed E-state index contributed by atoms with van der Waals surface area (Å²) in [5.41, 5.74) is 2.39. The van der Waals surface area contributed by atoms with E-state index in [1.54, 1.807) is 4.90 Å². The van der Waals surface area contributed by atoms with Crippen molar-refractivity contribution in [3.8, 4) is 0 Å². The highest BCUT2D eigenvalue weighted by atomic mass is 127. The number of imide groups is 1. The van der Waals surface area contributed by atoms with Crippen LogP contribution in [0.1, 0.15) is 30.7 Å². The van der Waals surface area contributed by atoms with Gasteiger partial charge in [0.05, 0.1) is 5.52 Å². The molecule has 0 atom stereocenters. The van der Waals surface area contributed by atoms with Crippen molar-refractivity contribution in [3.05, 3.63) is 23.8 Å². The summed E-state index contributed by atoms with van der Waals surface area (Å²) in [7, 11) is 1.90. The fourth-order valence-electron chi connectivity index (χ4n) is 3.61. The van der Waals surface area contributed by atoms with Crippen LogP contribution in [0.4, 0.5) is 10.6 Å². The number of hydrogen-bond donors (Lipinski definition) is 1. The van der Waals surface area contributed by atoms with Crippen molar-refractivity contribution in [1.82, 2.24) is 15.1 Å². The molecule has 2 fully saturated rings. The second kappa shape index (κ2) is 6.02. The Hall–Kier alpha value is -1.64. The van der Waals surface area contributed by atoms with Gasteiger partial charge in [0.2, 0.25) is 5.91 Å². The number of hydrogen-bond acceptors (Lipinski definition) is 3. The number of alkyl halides is 1. The third kappa shape index (κ3) is 2.58. The number of anilines is 1. The van der Waals surface area contributed by atoms with Crippen LogP contribution in [0.2, 0.25) is 0 Å². The number of benzene rings is 1. The van der Waals surface area contributed by atoms with Crippen molar-refractivity contribution in [2.45, 2.75) is 25.2 Å². The smallest absolute Gasteiger partial charge is 0.278 e. The van der Waals surface area contributed by atoms with Crippen LogP contribution in [0.3, 0.4) is 0 Å². The van der Waals surface area contributed by atoms with Gasteiger partial charge in [0, 0.05) is 29.8 Å². The molecule has 6 nitrogen and oxygen atoms in total. The first kappa shape index (κ1) is 15.9. The molecule has 1 saturated carbocycles. The number of aromatic nitrogens is 2. The maximum absolute atomic E-state index is 12.1. The molecule has 0 radical (unpaired) electrons.